The van der Waals surface area contributed by atoms with E-state index in [4.69, 9.17) is 4.74 Å². The third kappa shape index (κ3) is 4.10. The second-order valence-corrected chi connectivity index (χ2v) is 2.84. The molecule has 2 nitrogen and oxygen atoms in total. The molecule has 0 saturated heterocycles. The molecule has 0 atom stereocenters. The average Bonchev–Trinajstić information content (AvgIpc) is 2.15. The van der Waals surface area contributed by atoms with Crippen LogP contribution in [0.2, 0.25) is 0 Å². The Labute approximate surface area is 90.0 Å². The molecule has 3 heteroatoms. The van der Waals surface area contributed by atoms with Crippen molar-refractivity contribution in [2.75, 3.05) is 0 Å². The van der Waals surface area contributed by atoms with E-state index in [0.29, 0.717) is 12.2 Å². The molecule has 1 rings (SSSR count). The third-order valence-corrected chi connectivity index (χ3v) is 1.56. The summed E-state index contributed by atoms with van der Waals surface area (Å²) in [5.41, 5.74) is 1.41. The molecular weight excluding hydrogens is 200 g/mol. The van der Waals surface area contributed by atoms with Crippen LogP contribution in [0.4, 0.5) is 0 Å². The fraction of sp³-hybridized carbons (Fsp3) is 0.182. The second-order valence-electron chi connectivity index (χ2n) is 2.84. The lowest BCUT2D eigenvalue weighted by Crippen LogP contribution is -2.04. The van der Waals surface area contributed by atoms with E-state index in [9.17, 15) is 4.79 Å². The van der Waals surface area contributed by atoms with Gasteiger partial charge in [0.05, 0.1) is 0 Å². The van der Waals surface area contributed by atoms with E-state index in [2.05, 4.69) is 6.58 Å². The van der Waals surface area contributed by atoms with E-state index in [0.717, 1.165) is 5.56 Å². The molecule has 0 fully saturated rings. The van der Waals surface area contributed by atoms with Gasteiger partial charge in [-0.1, -0.05) is 36.9 Å². The standard InChI is InChI=1S/C11H12O2.ClH/c1-9(2)11(12)13-8-10-6-4-3-5-7-10;/h3-7H,1,8H2,2H3;1H. The zero-order chi connectivity index (χ0) is 9.68. The van der Waals surface area contributed by atoms with Crippen molar-refractivity contribution < 1.29 is 9.53 Å². The molecular formula is C11H13ClO2. The number of esters is 1. The van der Waals surface area contributed by atoms with Crippen molar-refractivity contribution in [3.05, 3.63) is 48.0 Å². The Morgan fingerprint density at radius 2 is 1.93 bits per heavy atom. The van der Waals surface area contributed by atoms with Crippen LogP contribution in [0.15, 0.2) is 42.5 Å². The molecule has 0 aliphatic carbocycles. The van der Waals surface area contributed by atoms with Crippen LogP contribution < -0.4 is 0 Å². The molecule has 0 amide bonds. The molecule has 0 heterocycles. The van der Waals surface area contributed by atoms with Crippen LogP contribution >= 0.6 is 12.4 Å². The molecule has 0 aliphatic rings. The van der Waals surface area contributed by atoms with Crippen molar-refractivity contribution in [1.29, 1.82) is 0 Å². The van der Waals surface area contributed by atoms with Gasteiger partial charge in [0.1, 0.15) is 6.61 Å². The summed E-state index contributed by atoms with van der Waals surface area (Å²) in [5, 5.41) is 0. The summed E-state index contributed by atoms with van der Waals surface area (Å²) in [7, 11) is 0. The molecule has 0 bridgehead atoms. The smallest absolute Gasteiger partial charge is 0.333 e. The zero-order valence-electron chi connectivity index (χ0n) is 8.03. The molecule has 14 heavy (non-hydrogen) atoms. The number of carbonyl (C=O) groups is 1. The second kappa shape index (κ2) is 6.22. The predicted octanol–water partition coefficient (Wildman–Crippen LogP) is 2.73. The summed E-state index contributed by atoms with van der Waals surface area (Å²) in [5.74, 6) is -0.344. The maximum absolute atomic E-state index is 11.0. The van der Waals surface area contributed by atoms with Gasteiger partial charge in [0, 0.05) is 5.57 Å². The quantitative estimate of drug-likeness (QED) is 0.569. The lowest BCUT2D eigenvalue weighted by Gasteiger charge is -2.03. The topological polar surface area (TPSA) is 26.3 Å². The molecule has 0 aromatic heterocycles. The van der Waals surface area contributed by atoms with Crippen molar-refractivity contribution in [3.8, 4) is 0 Å². The highest BCUT2D eigenvalue weighted by Gasteiger charge is 2.02. The summed E-state index contributed by atoms with van der Waals surface area (Å²) in [6.07, 6.45) is 0. The minimum atomic E-state index is -0.344. The van der Waals surface area contributed by atoms with Gasteiger partial charge in [-0.2, -0.15) is 0 Å². The predicted molar refractivity (Wildman–Crippen MR) is 58.3 cm³/mol. The molecule has 0 saturated carbocycles. The highest BCUT2D eigenvalue weighted by molar-refractivity contribution is 5.86. The number of halogens is 1. The summed E-state index contributed by atoms with van der Waals surface area (Å²) >= 11 is 0. The van der Waals surface area contributed by atoms with Gasteiger partial charge in [-0.25, -0.2) is 4.79 Å². The fourth-order valence-corrected chi connectivity index (χ4v) is 0.846. The van der Waals surface area contributed by atoms with Gasteiger partial charge in [-0.15, -0.1) is 12.4 Å². The van der Waals surface area contributed by atoms with E-state index in [-0.39, 0.29) is 18.4 Å². The molecule has 0 N–H and O–H groups in total. The maximum Gasteiger partial charge on any atom is 0.333 e. The minimum Gasteiger partial charge on any atom is -0.457 e. The lowest BCUT2D eigenvalue weighted by atomic mass is 10.2. The lowest BCUT2D eigenvalue weighted by molar-refractivity contribution is -0.140. The van der Waals surface area contributed by atoms with Gasteiger partial charge in [0.2, 0.25) is 0 Å². The van der Waals surface area contributed by atoms with Gasteiger partial charge in [0.25, 0.3) is 0 Å². The van der Waals surface area contributed by atoms with Gasteiger partial charge in [-0.3, -0.25) is 0 Å². The first-order valence-electron chi connectivity index (χ1n) is 4.06. The minimum absolute atomic E-state index is 0. The highest BCUT2D eigenvalue weighted by atomic mass is 35.5. The average molecular weight is 213 g/mol. The van der Waals surface area contributed by atoms with E-state index in [1.165, 1.54) is 0 Å². The van der Waals surface area contributed by atoms with Gasteiger partial charge >= 0.3 is 5.97 Å². The molecule has 0 aliphatic heterocycles. The van der Waals surface area contributed by atoms with Crippen LogP contribution in [-0.4, -0.2) is 5.97 Å². The Kier molecular flexibility index (Phi) is 5.65. The maximum atomic E-state index is 11.0. The SMILES string of the molecule is C=C(C)C(=O)OCc1ccccc1.Cl. The summed E-state index contributed by atoms with van der Waals surface area (Å²) in [6.45, 7) is 5.44. The summed E-state index contributed by atoms with van der Waals surface area (Å²) in [6, 6.07) is 9.55. The van der Waals surface area contributed by atoms with Crippen LogP contribution in [0.3, 0.4) is 0 Å². The first-order chi connectivity index (χ1) is 6.20. The Balaban J connectivity index is 0.00000169. The van der Waals surface area contributed by atoms with Crippen LogP contribution in [-0.2, 0) is 16.1 Å². The van der Waals surface area contributed by atoms with Crippen molar-refractivity contribution in [2.24, 2.45) is 0 Å². The number of hydrogen-bond acceptors (Lipinski definition) is 2. The van der Waals surface area contributed by atoms with Crippen molar-refractivity contribution in [1.82, 2.24) is 0 Å². The monoisotopic (exact) mass is 212 g/mol. The first-order valence-corrected chi connectivity index (χ1v) is 4.06. The number of benzene rings is 1. The van der Waals surface area contributed by atoms with Crippen LogP contribution in [0, 0.1) is 0 Å². The molecule has 0 spiro atoms. The van der Waals surface area contributed by atoms with Gasteiger partial charge in [0.15, 0.2) is 0 Å². The normalized spacial score (nSPS) is 8.64. The largest absolute Gasteiger partial charge is 0.457 e. The van der Waals surface area contributed by atoms with Gasteiger partial charge < -0.3 is 4.74 Å². The van der Waals surface area contributed by atoms with Crippen LogP contribution in [0.1, 0.15) is 12.5 Å². The van der Waals surface area contributed by atoms with E-state index in [1.54, 1.807) is 6.92 Å². The Hall–Kier alpha value is -1.28. The highest BCUT2D eigenvalue weighted by Crippen LogP contribution is 2.02. The van der Waals surface area contributed by atoms with Crippen LogP contribution in [0.25, 0.3) is 0 Å². The number of ether oxygens (including phenoxy) is 1. The number of hydrogen-bond donors (Lipinski definition) is 0. The molecule has 0 unspecified atom stereocenters. The van der Waals surface area contributed by atoms with Crippen molar-refractivity contribution >= 4 is 18.4 Å². The first kappa shape index (κ1) is 12.7. The summed E-state index contributed by atoms with van der Waals surface area (Å²) < 4.78 is 4.95. The molecule has 0 radical (unpaired) electrons. The Bertz CT molecular complexity index is 306. The van der Waals surface area contributed by atoms with Crippen molar-refractivity contribution in [3.63, 3.8) is 0 Å². The molecule has 1 aromatic carbocycles. The van der Waals surface area contributed by atoms with Crippen LogP contribution in [0.5, 0.6) is 0 Å². The van der Waals surface area contributed by atoms with E-state index >= 15 is 0 Å². The zero-order valence-corrected chi connectivity index (χ0v) is 8.84. The fourth-order valence-electron chi connectivity index (χ4n) is 0.846. The number of rotatable bonds is 3. The van der Waals surface area contributed by atoms with Crippen molar-refractivity contribution in [2.45, 2.75) is 13.5 Å². The molecule has 76 valence electrons. The Morgan fingerprint density at radius 3 is 2.43 bits per heavy atom. The third-order valence-electron chi connectivity index (χ3n) is 1.56. The number of carbonyl (C=O) groups excluding carboxylic acids is 1. The van der Waals surface area contributed by atoms with E-state index < -0.39 is 0 Å². The molecule has 1 aromatic rings. The van der Waals surface area contributed by atoms with Gasteiger partial charge in [-0.05, 0) is 12.5 Å². The summed E-state index contributed by atoms with van der Waals surface area (Å²) in [4.78, 5) is 11.0. The van der Waals surface area contributed by atoms with E-state index in [1.807, 2.05) is 30.3 Å². The Morgan fingerprint density at radius 1 is 1.36 bits per heavy atom.